The van der Waals surface area contributed by atoms with Gasteiger partial charge in [-0.15, -0.1) is 23.5 Å². The van der Waals surface area contributed by atoms with Gasteiger partial charge in [0, 0.05) is 26.8 Å². The molecule has 5 aromatic rings. The maximum Gasteiger partial charge on any atom is 0.102 e. The van der Waals surface area contributed by atoms with Crippen LogP contribution in [-0.4, -0.2) is 10.6 Å². The molecular weight excluding hydrogens is 639 g/mol. The summed E-state index contributed by atoms with van der Waals surface area (Å²) in [4.78, 5) is 9.35. The second-order valence-corrected chi connectivity index (χ2v) is 16.0. The fraction of sp³-hybridized carbons (Fsp3) is 0.318. The number of ether oxygens (including phenoxy) is 1. The molecule has 5 heteroatoms. The van der Waals surface area contributed by atoms with Gasteiger partial charge in [0.05, 0.1) is 19.3 Å². The highest BCUT2D eigenvalue weighted by molar-refractivity contribution is 7.98. The van der Waals surface area contributed by atoms with E-state index in [-0.39, 0.29) is 17.7 Å². The Hall–Kier alpha value is -3.32. The van der Waals surface area contributed by atoms with Crippen molar-refractivity contribution in [2.24, 2.45) is 5.92 Å². The molecule has 2 unspecified atom stereocenters. The first-order chi connectivity index (χ1) is 23.7. The number of hydroxylamine groups is 2. The Morgan fingerprint density at radius 3 is 1.51 bits per heavy atom. The Labute approximate surface area is 303 Å². The minimum atomic E-state index is -0.176. The standard InChI is InChI=1S/C44H51NO2S2/c1-33(2)43(40-16-10-7-11-17-40)45(44(4,5)6)47-34(3)39-24-22-35(23-25-39)29-46-30-36-26-37(31-48-41-18-12-8-13-19-41)28-38(27-36)32-49-42-20-14-9-15-21-42/h7-28,33-34,43H,29-32H2,1-6H3. The molecule has 0 radical (unpaired) electrons. The topological polar surface area (TPSA) is 21.7 Å². The monoisotopic (exact) mass is 689 g/mol. The Balaban J connectivity index is 1.21. The maximum absolute atomic E-state index is 6.77. The van der Waals surface area contributed by atoms with Crippen LogP contribution in [0.3, 0.4) is 0 Å². The quantitative estimate of drug-likeness (QED) is 0.0757. The van der Waals surface area contributed by atoms with Gasteiger partial charge in [0.1, 0.15) is 6.10 Å². The lowest BCUT2D eigenvalue weighted by atomic mass is 9.92. The molecule has 0 aliphatic rings. The van der Waals surface area contributed by atoms with Crippen LogP contribution < -0.4 is 0 Å². The lowest BCUT2D eigenvalue weighted by Crippen LogP contribution is -2.46. The molecule has 49 heavy (non-hydrogen) atoms. The molecule has 0 fully saturated rings. The van der Waals surface area contributed by atoms with Gasteiger partial charge in [-0.1, -0.05) is 123 Å². The van der Waals surface area contributed by atoms with E-state index in [0.29, 0.717) is 19.1 Å². The second kappa shape index (κ2) is 18.1. The average Bonchev–Trinajstić information content (AvgIpc) is 3.10. The summed E-state index contributed by atoms with van der Waals surface area (Å²) < 4.78 is 6.30. The van der Waals surface area contributed by atoms with Crippen LogP contribution in [0.4, 0.5) is 0 Å². The molecule has 0 N–H and O–H groups in total. The van der Waals surface area contributed by atoms with Crippen LogP contribution in [0.1, 0.15) is 87.1 Å². The fourth-order valence-corrected chi connectivity index (χ4v) is 7.64. The molecule has 0 bridgehead atoms. The van der Waals surface area contributed by atoms with Crippen LogP contribution in [-0.2, 0) is 34.3 Å². The molecule has 0 saturated heterocycles. The van der Waals surface area contributed by atoms with Crippen LogP contribution in [0.25, 0.3) is 0 Å². The van der Waals surface area contributed by atoms with Crippen LogP contribution >= 0.6 is 23.5 Å². The number of benzene rings is 5. The van der Waals surface area contributed by atoms with Gasteiger partial charge >= 0.3 is 0 Å². The van der Waals surface area contributed by atoms with Gasteiger partial charge in [0.25, 0.3) is 0 Å². The molecule has 3 nitrogen and oxygen atoms in total. The maximum atomic E-state index is 6.77. The smallest absolute Gasteiger partial charge is 0.102 e. The van der Waals surface area contributed by atoms with Crippen molar-refractivity contribution in [2.45, 2.75) is 93.7 Å². The third-order valence-corrected chi connectivity index (χ3v) is 10.5. The molecule has 5 aromatic carbocycles. The zero-order chi connectivity index (χ0) is 34.6. The third kappa shape index (κ3) is 11.4. The van der Waals surface area contributed by atoms with E-state index in [1.54, 1.807) is 0 Å². The first kappa shape index (κ1) is 36.9. The van der Waals surface area contributed by atoms with E-state index in [1.807, 2.05) is 23.5 Å². The van der Waals surface area contributed by atoms with Crippen molar-refractivity contribution in [1.29, 1.82) is 0 Å². The molecular formula is C44H51NO2S2. The Bertz CT molecular complexity index is 1630. The number of nitrogens with zero attached hydrogens (tertiary/aromatic N) is 1. The van der Waals surface area contributed by atoms with Gasteiger partial charge in [0.2, 0.25) is 0 Å². The van der Waals surface area contributed by atoms with Crippen LogP contribution in [0, 0.1) is 5.92 Å². The average molecular weight is 690 g/mol. The highest BCUT2D eigenvalue weighted by atomic mass is 32.2. The van der Waals surface area contributed by atoms with E-state index in [0.717, 1.165) is 22.6 Å². The van der Waals surface area contributed by atoms with Crippen LogP contribution in [0.5, 0.6) is 0 Å². The number of rotatable bonds is 16. The lowest BCUT2D eigenvalue weighted by molar-refractivity contribution is -0.272. The molecule has 0 aliphatic heterocycles. The minimum absolute atomic E-state index is 0.0946. The molecule has 256 valence electrons. The molecule has 0 saturated carbocycles. The Morgan fingerprint density at radius 2 is 1.02 bits per heavy atom. The first-order valence-electron chi connectivity index (χ1n) is 17.3. The van der Waals surface area contributed by atoms with Crippen molar-refractivity contribution >= 4 is 23.5 Å². The zero-order valence-electron chi connectivity index (χ0n) is 29.8. The first-order valence-corrected chi connectivity index (χ1v) is 19.3. The van der Waals surface area contributed by atoms with E-state index < -0.39 is 0 Å². The summed E-state index contributed by atoms with van der Waals surface area (Å²) in [5.41, 5.74) is 7.27. The van der Waals surface area contributed by atoms with Crippen molar-refractivity contribution in [3.63, 3.8) is 0 Å². The predicted octanol–water partition coefficient (Wildman–Crippen LogP) is 12.5. The number of hydrogen-bond donors (Lipinski definition) is 0. The number of thioether (sulfide) groups is 2. The highest BCUT2D eigenvalue weighted by Crippen LogP contribution is 2.37. The van der Waals surface area contributed by atoms with E-state index in [9.17, 15) is 0 Å². The Morgan fingerprint density at radius 1 is 0.551 bits per heavy atom. The largest absolute Gasteiger partial charge is 0.372 e. The highest BCUT2D eigenvalue weighted by Gasteiger charge is 2.34. The summed E-state index contributed by atoms with van der Waals surface area (Å²) in [7, 11) is 0. The van der Waals surface area contributed by atoms with Gasteiger partial charge in [-0.2, -0.15) is 5.06 Å². The molecule has 0 spiro atoms. The van der Waals surface area contributed by atoms with E-state index in [1.165, 1.54) is 32.0 Å². The molecule has 0 aromatic heterocycles. The molecule has 2 atom stereocenters. The Kier molecular flexibility index (Phi) is 13.6. The van der Waals surface area contributed by atoms with E-state index in [4.69, 9.17) is 9.57 Å². The molecule has 5 rings (SSSR count). The predicted molar refractivity (Wildman–Crippen MR) is 208 cm³/mol. The van der Waals surface area contributed by atoms with Crippen molar-refractivity contribution in [3.05, 3.63) is 167 Å². The third-order valence-electron chi connectivity index (χ3n) is 8.35. The van der Waals surface area contributed by atoms with Crippen LogP contribution in [0.2, 0.25) is 0 Å². The summed E-state index contributed by atoms with van der Waals surface area (Å²) in [6.45, 7) is 14.5. The zero-order valence-corrected chi connectivity index (χ0v) is 31.5. The van der Waals surface area contributed by atoms with Gasteiger partial charge in [-0.25, -0.2) is 0 Å². The van der Waals surface area contributed by atoms with Crippen LogP contribution in [0.15, 0.2) is 143 Å². The lowest BCUT2D eigenvalue weighted by Gasteiger charge is -2.44. The van der Waals surface area contributed by atoms with Gasteiger partial charge in [-0.3, -0.25) is 4.84 Å². The van der Waals surface area contributed by atoms with Crippen molar-refractivity contribution < 1.29 is 9.57 Å². The van der Waals surface area contributed by atoms with E-state index in [2.05, 4.69) is 180 Å². The fourth-order valence-electron chi connectivity index (χ4n) is 5.94. The molecule has 0 amide bonds. The van der Waals surface area contributed by atoms with Crippen molar-refractivity contribution in [1.82, 2.24) is 5.06 Å². The van der Waals surface area contributed by atoms with E-state index >= 15 is 0 Å². The van der Waals surface area contributed by atoms with Crippen molar-refractivity contribution in [3.8, 4) is 0 Å². The summed E-state index contributed by atoms with van der Waals surface area (Å²) in [6.07, 6.45) is -0.0946. The van der Waals surface area contributed by atoms with Crippen molar-refractivity contribution in [2.75, 3.05) is 0 Å². The van der Waals surface area contributed by atoms with Gasteiger partial charge in [0.15, 0.2) is 0 Å². The summed E-state index contributed by atoms with van der Waals surface area (Å²) in [6, 6.07) is 47.7. The van der Waals surface area contributed by atoms with Gasteiger partial charge in [-0.05, 0) is 91.3 Å². The SMILES string of the molecule is CC(ON(C(c1ccccc1)C(C)C)C(C)(C)C)c1ccc(COCc2cc(CSc3ccccc3)cc(CSc3ccccc3)c2)cc1. The minimum Gasteiger partial charge on any atom is -0.372 e. The van der Waals surface area contributed by atoms with Gasteiger partial charge < -0.3 is 4.74 Å². The molecule has 0 aliphatic carbocycles. The molecule has 0 heterocycles. The normalized spacial score (nSPS) is 13.1. The summed E-state index contributed by atoms with van der Waals surface area (Å²) >= 11 is 3.75. The summed E-state index contributed by atoms with van der Waals surface area (Å²) in [5, 5.41) is 2.20. The second-order valence-electron chi connectivity index (χ2n) is 13.9. The number of hydrogen-bond acceptors (Lipinski definition) is 5. The summed E-state index contributed by atoms with van der Waals surface area (Å²) in [5.74, 6) is 2.24.